The molecule has 1 heterocycles. The molecule has 7 nitrogen and oxygen atoms in total. The Labute approximate surface area is 115 Å². The van der Waals surface area contributed by atoms with E-state index in [1.807, 2.05) is 0 Å². The second kappa shape index (κ2) is 5.49. The molecular formula is C12H6F2N2O5. The third-order valence-electron chi connectivity index (χ3n) is 2.33. The van der Waals surface area contributed by atoms with Gasteiger partial charge in [-0.15, -0.1) is 0 Å². The molecule has 1 aromatic heterocycles. The Balaban J connectivity index is 2.43. The lowest BCUT2D eigenvalue weighted by Crippen LogP contribution is -2.02. The predicted molar refractivity (Wildman–Crippen MR) is 64.3 cm³/mol. The standard InChI is InChI=1S/C12H6F2N2O5/c13-7-2-8(14)4-9(3-7)21-11-10(16(19)20)1-6(5-15-11)12(17)18/h1-5H,(H,17,18). The summed E-state index contributed by atoms with van der Waals surface area (Å²) in [6.45, 7) is 0. The highest BCUT2D eigenvalue weighted by molar-refractivity contribution is 5.88. The first-order chi connectivity index (χ1) is 9.86. The fourth-order valence-corrected chi connectivity index (χ4v) is 1.47. The van der Waals surface area contributed by atoms with Crippen molar-refractivity contribution in [3.8, 4) is 11.6 Å². The van der Waals surface area contributed by atoms with Crippen LogP contribution >= 0.6 is 0 Å². The highest BCUT2D eigenvalue weighted by atomic mass is 19.1. The number of benzene rings is 1. The van der Waals surface area contributed by atoms with Gasteiger partial charge in [-0.05, 0) is 0 Å². The van der Waals surface area contributed by atoms with E-state index in [4.69, 9.17) is 9.84 Å². The molecule has 0 aliphatic heterocycles. The average molecular weight is 296 g/mol. The summed E-state index contributed by atoms with van der Waals surface area (Å²) in [6.07, 6.45) is 0.834. The maximum absolute atomic E-state index is 13.0. The molecule has 0 bridgehead atoms. The molecule has 0 radical (unpaired) electrons. The van der Waals surface area contributed by atoms with Gasteiger partial charge >= 0.3 is 11.7 Å². The summed E-state index contributed by atoms with van der Waals surface area (Å²) in [5.41, 5.74) is -1.15. The van der Waals surface area contributed by atoms with E-state index in [0.717, 1.165) is 24.4 Å². The smallest absolute Gasteiger partial charge is 0.337 e. The van der Waals surface area contributed by atoms with Crippen LogP contribution in [-0.4, -0.2) is 21.0 Å². The van der Waals surface area contributed by atoms with Crippen LogP contribution in [0.1, 0.15) is 10.4 Å². The maximum Gasteiger partial charge on any atom is 0.337 e. The molecule has 0 unspecified atom stereocenters. The second-order valence-electron chi connectivity index (χ2n) is 3.82. The van der Waals surface area contributed by atoms with Gasteiger partial charge in [0.2, 0.25) is 0 Å². The Morgan fingerprint density at radius 3 is 2.38 bits per heavy atom. The Hall–Kier alpha value is -3.10. The van der Waals surface area contributed by atoms with Crippen molar-refractivity contribution in [2.75, 3.05) is 0 Å². The molecule has 0 spiro atoms. The summed E-state index contributed by atoms with van der Waals surface area (Å²) in [5, 5.41) is 19.6. The highest BCUT2D eigenvalue weighted by Gasteiger charge is 2.21. The quantitative estimate of drug-likeness (QED) is 0.687. The van der Waals surface area contributed by atoms with E-state index in [9.17, 15) is 23.7 Å². The highest BCUT2D eigenvalue weighted by Crippen LogP contribution is 2.30. The minimum absolute atomic E-state index is 0.342. The maximum atomic E-state index is 13.0. The Morgan fingerprint density at radius 1 is 1.24 bits per heavy atom. The Kier molecular flexibility index (Phi) is 3.74. The summed E-state index contributed by atoms with van der Waals surface area (Å²) in [4.78, 5) is 24.2. The number of carboxylic acid groups (broad SMARTS) is 1. The van der Waals surface area contributed by atoms with E-state index in [-0.39, 0.29) is 5.75 Å². The number of rotatable bonds is 4. The number of carboxylic acids is 1. The Bertz CT molecular complexity index is 715. The first-order valence-corrected chi connectivity index (χ1v) is 5.38. The van der Waals surface area contributed by atoms with Crippen LogP contribution in [0.2, 0.25) is 0 Å². The number of nitrogens with zero attached hydrogens (tertiary/aromatic N) is 2. The van der Waals surface area contributed by atoms with Gasteiger partial charge in [-0.2, -0.15) is 0 Å². The zero-order valence-electron chi connectivity index (χ0n) is 10.1. The molecule has 0 saturated carbocycles. The fraction of sp³-hybridized carbons (Fsp3) is 0. The number of hydrogen-bond donors (Lipinski definition) is 1. The number of nitro groups is 1. The van der Waals surface area contributed by atoms with E-state index < -0.39 is 39.7 Å². The van der Waals surface area contributed by atoms with Crippen LogP contribution in [0, 0.1) is 21.7 Å². The van der Waals surface area contributed by atoms with Gasteiger partial charge < -0.3 is 9.84 Å². The van der Waals surface area contributed by atoms with Crippen LogP contribution in [0.5, 0.6) is 11.6 Å². The summed E-state index contributed by atoms with van der Waals surface area (Å²) < 4.78 is 31.0. The van der Waals surface area contributed by atoms with Crippen molar-refractivity contribution in [3.63, 3.8) is 0 Å². The molecule has 0 aliphatic rings. The molecule has 108 valence electrons. The van der Waals surface area contributed by atoms with Crippen molar-refractivity contribution < 1.29 is 28.3 Å². The Morgan fingerprint density at radius 2 is 1.86 bits per heavy atom. The van der Waals surface area contributed by atoms with Crippen molar-refractivity contribution in [1.29, 1.82) is 0 Å². The molecular weight excluding hydrogens is 290 g/mol. The van der Waals surface area contributed by atoms with Gasteiger partial charge in [-0.3, -0.25) is 10.1 Å². The number of halogens is 2. The zero-order chi connectivity index (χ0) is 15.6. The zero-order valence-corrected chi connectivity index (χ0v) is 10.1. The minimum Gasteiger partial charge on any atom is -0.478 e. The first kappa shape index (κ1) is 14.3. The van der Waals surface area contributed by atoms with E-state index >= 15 is 0 Å². The summed E-state index contributed by atoms with van der Waals surface area (Å²) in [7, 11) is 0. The number of aromatic nitrogens is 1. The topological polar surface area (TPSA) is 103 Å². The number of carbonyl (C=O) groups is 1. The van der Waals surface area contributed by atoms with Crippen LogP contribution in [-0.2, 0) is 0 Å². The molecule has 0 amide bonds. The van der Waals surface area contributed by atoms with E-state index in [2.05, 4.69) is 4.98 Å². The number of hydrogen-bond acceptors (Lipinski definition) is 5. The van der Waals surface area contributed by atoms with Gasteiger partial charge in [-0.1, -0.05) is 0 Å². The molecule has 0 saturated heterocycles. The normalized spacial score (nSPS) is 10.2. The third kappa shape index (κ3) is 3.26. The third-order valence-corrected chi connectivity index (χ3v) is 2.33. The van der Waals surface area contributed by atoms with Crippen LogP contribution in [0.3, 0.4) is 0 Å². The van der Waals surface area contributed by atoms with Crippen molar-refractivity contribution in [3.05, 3.63) is 57.8 Å². The lowest BCUT2D eigenvalue weighted by molar-refractivity contribution is -0.386. The molecule has 1 N–H and O–H groups in total. The van der Waals surface area contributed by atoms with Crippen molar-refractivity contribution in [2.24, 2.45) is 0 Å². The molecule has 2 rings (SSSR count). The van der Waals surface area contributed by atoms with Crippen LogP contribution in [0.15, 0.2) is 30.5 Å². The summed E-state index contributed by atoms with van der Waals surface area (Å²) in [6, 6.07) is 2.95. The molecule has 0 aliphatic carbocycles. The summed E-state index contributed by atoms with van der Waals surface area (Å²) >= 11 is 0. The molecule has 0 fully saturated rings. The van der Waals surface area contributed by atoms with Gasteiger partial charge in [0.15, 0.2) is 0 Å². The number of aromatic carboxylic acids is 1. The summed E-state index contributed by atoms with van der Waals surface area (Å²) in [5.74, 6) is -4.19. The SMILES string of the molecule is O=C(O)c1cnc(Oc2cc(F)cc(F)c2)c([N+](=O)[O-])c1. The van der Waals surface area contributed by atoms with E-state index in [1.54, 1.807) is 0 Å². The van der Waals surface area contributed by atoms with Crippen molar-refractivity contribution in [1.82, 2.24) is 4.98 Å². The van der Waals surface area contributed by atoms with Gasteiger partial charge in [0.05, 0.1) is 10.5 Å². The molecule has 0 atom stereocenters. The van der Waals surface area contributed by atoms with Crippen molar-refractivity contribution in [2.45, 2.75) is 0 Å². The second-order valence-corrected chi connectivity index (χ2v) is 3.82. The van der Waals surface area contributed by atoms with E-state index in [1.165, 1.54) is 0 Å². The minimum atomic E-state index is -1.41. The monoisotopic (exact) mass is 296 g/mol. The number of pyridine rings is 1. The van der Waals surface area contributed by atoms with Gasteiger partial charge in [-0.25, -0.2) is 18.6 Å². The van der Waals surface area contributed by atoms with Crippen molar-refractivity contribution >= 4 is 11.7 Å². The fourth-order valence-electron chi connectivity index (χ4n) is 1.47. The molecule has 21 heavy (non-hydrogen) atoms. The molecule has 1 aromatic carbocycles. The predicted octanol–water partition coefficient (Wildman–Crippen LogP) is 2.76. The van der Waals surface area contributed by atoms with Gasteiger partial charge in [0.25, 0.3) is 5.88 Å². The lowest BCUT2D eigenvalue weighted by Gasteiger charge is -2.06. The first-order valence-electron chi connectivity index (χ1n) is 5.38. The molecule has 2 aromatic rings. The van der Waals surface area contributed by atoms with Gasteiger partial charge in [0.1, 0.15) is 17.4 Å². The molecule has 9 heteroatoms. The van der Waals surface area contributed by atoms with Crippen LogP contribution in [0.4, 0.5) is 14.5 Å². The average Bonchev–Trinajstić information content (AvgIpc) is 2.37. The van der Waals surface area contributed by atoms with Gasteiger partial charge in [0, 0.05) is 30.5 Å². The van der Waals surface area contributed by atoms with Crippen LogP contribution in [0.25, 0.3) is 0 Å². The number of ether oxygens (including phenoxy) is 1. The largest absolute Gasteiger partial charge is 0.478 e. The van der Waals surface area contributed by atoms with E-state index in [0.29, 0.717) is 6.07 Å². The lowest BCUT2D eigenvalue weighted by atomic mass is 10.2. The van der Waals surface area contributed by atoms with Crippen LogP contribution < -0.4 is 4.74 Å².